The van der Waals surface area contributed by atoms with Gasteiger partial charge in [0, 0.05) is 37.1 Å². The summed E-state index contributed by atoms with van der Waals surface area (Å²) in [5, 5.41) is 5.68. The molecule has 7 heteroatoms. The summed E-state index contributed by atoms with van der Waals surface area (Å²) in [6.45, 7) is 3.78. The van der Waals surface area contributed by atoms with Gasteiger partial charge in [0.15, 0.2) is 11.6 Å². The Kier molecular flexibility index (Phi) is 4.90. The van der Waals surface area contributed by atoms with Crippen molar-refractivity contribution in [1.82, 2.24) is 10.3 Å². The Bertz CT molecular complexity index is 718. The first-order chi connectivity index (χ1) is 11.7. The molecule has 3 rings (SSSR count). The molecule has 1 aromatic heterocycles. The van der Waals surface area contributed by atoms with Crippen molar-refractivity contribution in [2.75, 3.05) is 25.0 Å². The Balaban J connectivity index is 1.64. The quantitative estimate of drug-likeness (QED) is 0.849. The Labute approximate surface area is 139 Å². The number of nitrogens with one attached hydrogen (secondary N) is 2. The van der Waals surface area contributed by atoms with Gasteiger partial charge in [-0.05, 0) is 25.1 Å². The molecule has 1 aliphatic rings. The van der Waals surface area contributed by atoms with E-state index >= 15 is 0 Å². The summed E-state index contributed by atoms with van der Waals surface area (Å²) >= 11 is 0. The van der Waals surface area contributed by atoms with Crippen LogP contribution in [0.5, 0.6) is 11.6 Å². The van der Waals surface area contributed by atoms with Crippen LogP contribution in [0.3, 0.4) is 0 Å². The van der Waals surface area contributed by atoms with E-state index in [1.807, 2.05) is 6.92 Å². The number of pyridine rings is 1. The number of carbonyl (C=O) groups is 1. The molecule has 0 unspecified atom stereocenters. The third-order valence-electron chi connectivity index (χ3n) is 3.52. The molecule has 1 amide bonds. The van der Waals surface area contributed by atoms with Crippen LogP contribution in [0.4, 0.5) is 10.1 Å². The molecule has 0 atom stereocenters. The number of benzene rings is 1. The lowest BCUT2D eigenvalue weighted by Gasteiger charge is -2.28. The van der Waals surface area contributed by atoms with Gasteiger partial charge in [0.2, 0.25) is 5.88 Å². The van der Waals surface area contributed by atoms with Gasteiger partial charge in [-0.1, -0.05) is 0 Å². The number of halogens is 1. The van der Waals surface area contributed by atoms with Crippen molar-refractivity contribution >= 4 is 11.6 Å². The molecule has 2 aromatic rings. The molecule has 2 heterocycles. The molecule has 1 aromatic carbocycles. The van der Waals surface area contributed by atoms with Crippen LogP contribution in [0.2, 0.25) is 0 Å². The highest BCUT2D eigenvalue weighted by Crippen LogP contribution is 2.23. The first-order valence-corrected chi connectivity index (χ1v) is 7.73. The average molecular weight is 331 g/mol. The lowest BCUT2D eigenvalue weighted by Crippen LogP contribution is -2.50. The van der Waals surface area contributed by atoms with Crippen LogP contribution in [0.25, 0.3) is 0 Å². The number of carbonyl (C=O) groups excluding carboxylic acids is 1. The van der Waals surface area contributed by atoms with Crippen LogP contribution in [0.15, 0.2) is 36.5 Å². The van der Waals surface area contributed by atoms with Gasteiger partial charge in [0.05, 0.1) is 12.2 Å². The van der Waals surface area contributed by atoms with Crippen LogP contribution in [0.1, 0.15) is 17.3 Å². The summed E-state index contributed by atoms with van der Waals surface area (Å²) in [4.78, 5) is 16.2. The average Bonchev–Trinajstić information content (AvgIpc) is 2.53. The van der Waals surface area contributed by atoms with Crippen LogP contribution in [-0.2, 0) is 0 Å². The van der Waals surface area contributed by atoms with Crippen molar-refractivity contribution in [3.63, 3.8) is 0 Å². The molecule has 0 spiro atoms. The standard InChI is InChI=1S/C17H18FN3O3/c1-2-23-16-6-3-11(8-20-16)17(22)21-12-4-5-15(14(18)7-12)24-13-9-19-10-13/h3-8,13,19H,2,9-10H2,1H3,(H,21,22). The lowest BCUT2D eigenvalue weighted by atomic mass is 10.2. The lowest BCUT2D eigenvalue weighted by molar-refractivity contribution is 0.102. The highest BCUT2D eigenvalue weighted by molar-refractivity contribution is 6.04. The smallest absolute Gasteiger partial charge is 0.257 e. The molecule has 0 saturated carbocycles. The minimum atomic E-state index is -0.510. The fraction of sp³-hybridized carbons (Fsp3) is 0.294. The maximum absolute atomic E-state index is 14.0. The SMILES string of the molecule is CCOc1ccc(C(=O)Nc2ccc(OC3CNC3)c(F)c2)cn1. The van der Waals surface area contributed by atoms with Gasteiger partial charge < -0.3 is 20.1 Å². The van der Waals surface area contributed by atoms with Crippen molar-refractivity contribution in [3.05, 3.63) is 47.9 Å². The van der Waals surface area contributed by atoms with Crippen molar-refractivity contribution in [1.29, 1.82) is 0 Å². The van der Waals surface area contributed by atoms with Gasteiger partial charge in [0.25, 0.3) is 5.91 Å². The second-order valence-electron chi connectivity index (χ2n) is 5.32. The van der Waals surface area contributed by atoms with E-state index in [4.69, 9.17) is 9.47 Å². The number of amides is 1. The highest BCUT2D eigenvalue weighted by Gasteiger charge is 2.20. The second kappa shape index (κ2) is 7.27. The molecular weight excluding hydrogens is 313 g/mol. The maximum Gasteiger partial charge on any atom is 0.257 e. The number of nitrogens with zero attached hydrogens (tertiary/aromatic N) is 1. The van der Waals surface area contributed by atoms with Crippen molar-refractivity contribution in [3.8, 4) is 11.6 Å². The number of ether oxygens (including phenoxy) is 2. The van der Waals surface area contributed by atoms with Crippen LogP contribution < -0.4 is 20.1 Å². The second-order valence-corrected chi connectivity index (χ2v) is 5.32. The number of hydrogen-bond donors (Lipinski definition) is 2. The maximum atomic E-state index is 14.0. The zero-order valence-corrected chi connectivity index (χ0v) is 13.2. The Morgan fingerprint density at radius 3 is 2.79 bits per heavy atom. The van der Waals surface area contributed by atoms with Gasteiger partial charge in [0.1, 0.15) is 6.10 Å². The van der Waals surface area contributed by atoms with Crippen molar-refractivity contribution in [2.45, 2.75) is 13.0 Å². The minimum Gasteiger partial charge on any atom is -0.485 e. The first kappa shape index (κ1) is 16.2. The van der Waals surface area contributed by atoms with Gasteiger partial charge in [-0.2, -0.15) is 0 Å². The Morgan fingerprint density at radius 2 is 2.21 bits per heavy atom. The van der Waals surface area contributed by atoms with E-state index in [0.717, 1.165) is 0 Å². The normalized spacial score (nSPS) is 13.9. The number of anilines is 1. The summed E-state index contributed by atoms with van der Waals surface area (Å²) in [5.74, 6) is -0.249. The van der Waals surface area contributed by atoms with E-state index in [-0.39, 0.29) is 17.8 Å². The first-order valence-electron chi connectivity index (χ1n) is 7.73. The van der Waals surface area contributed by atoms with E-state index in [9.17, 15) is 9.18 Å². The van der Waals surface area contributed by atoms with E-state index in [1.54, 1.807) is 18.2 Å². The Morgan fingerprint density at radius 1 is 1.38 bits per heavy atom. The van der Waals surface area contributed by atoms with Gasteiger partial charge >= 0.3 is 0 Å². The Hall–Kier alpha value is -2.67. The molecule has 1 aliphatic heterocycles. The molecule has 0 bridgehead atoms. The molecule has 126 valence electrons. The topological polar surface area (TPSA) is 72.5 Å². The third kappa shape index (κ3) is 3.80. The third-order valence-corrected chi connectivity index (χ3v) is 3.52. The fourth-order valence-electron chi connectivity index (χ4n) is 2.15. The predicted molar refractivity (Wildman–Crippen MR) is 87.0 cm³/mol. The number of rotatable bonds is 6. The van der Waals surface area contributed by atoms with Gasteiger partial charge in [-0.15, -0.1) is 0 Å². The predicted octanol–water partition coefficient (Wildman–Crippen LogP) is 2.22. The van der Waals surface area contributed by atoms with Crippen LogP contribution in [-0.4, -0.2) is 36.7 Å². The zero-order valence-electron chi connectivity index (χ0n) is 13.2. The summed E-state index contributed by atoms with van der Waals surface area (Å²) in [7, 11) is 0. The molecule has 6 nitrogen and oxygen atoms in total. The largest absolute Gasteiger partial charge is 0.485 e. The van der Waals surface area contributed by atoms with Crippen LogP contribution in [0, 0.1) is 5.82 Å². The number of aromatic nitrogens is 1. The minimum absolute atomic E-state index is 0.00475. The summed E-state index contributed by atoms with van der Waals surface area (Å²) in [6.07, 6.45) is 1.41. The molecular formula is C17H18FN3O3. The van der Waals surface area contributed by atoms with Crippen molar-refractivity contribution < 1.29 is 18.7 Å². The van der Waals surface area contributed by atoms with Crippen LogP contribution >= 0.6 is 0 Å². The van der Waals surface area contributed by atoms with Crippen molar-refractivity contribution in [2.24, 2.45) is 0 Å². The fourth-order valence-corrected chi connectivity index (χ4v) is 2.15. The summed E-state index contributed by atoms with van der Waals surface area (Å²) < 4.78 is 24.7. The molecule has 0 radical (unpaired) electrons. The molecule has 24 heavy (non-hydrogen) atoms. The van der Waals surface area contributed by atoms with Gasteiger partial charge in [-0.25, -0.2) is 9.37 Å². The van der Waals surface area contributed by atoms with E-state index in [2.05, 4.69) is 15.6 Å². The van der Waals surface area contributed by atoms with Gasteiger partial charge in [-0.3, -0.25) is 4.79 Å². The zero-order chi connectivity index (χ0) is 16.9. The molecule has 1 saturated heterocycles. The monoisotopic (exact) mass is 331 g/mol. The molecule has 1 fully saturated rings. The number of hydrogen-bond acceptors (Lipinski definition) is 5. The summed E-state index contributed by atoms with van der Waals surface area (Å²) in [5.41, 5.74) is 0.713. The highest BCUT2D eigenvalue weighted by atomic mass is 19.1. The van der Waals surface area contributed by atoms with E-state index < -0.39 is 5.82 Å². The molecule has 0 aliphatic carbocycles. The summed E-state index contributed by atoms with van der Waals surface area (Å²) in [6, 6.07) is 7.57. The van der Waals surface area contributed by atoms with E-state index in [1.165, 1.54) is 18.3 Å². The van der Waals surface area contributed by atoms with E-state index in [0.29, 0.717) is 36.8 Å². The molecule has 2 N–H and O–H groups in total.